The van der Waals surface area contributed by atoms with Gasteiger partial charge in [0.2, 0.25) is 0 Å². The number of carboxylic acid groups (broad SMARTS) is 1. The lowest BCUT2D eigenvalue weighted by Gasteiger charge is -2.54. The zero-order valence-electron chi connectivity index (χ0n) is 13.4. The Morgan fingerprint density at radius 2 is 1.55 bits per heavy atom. The zero-order valence-corrected chi connectivity index (χ0v) is 13.4. The molecule has 0 aromatic rings. The van der Waals surface area contributed by atoms with Crippen LogP contribution < -0.4 is 0 Å². The highest BCUT2D eigenvalue weighted by Gasteiger charge is 2.71. The maximum atomic E-state index is 12.4. The summed E-state index contributed by atoms with van der Waals surface area (Å²) < 4.78 is 12.4. The van der Waals surface area contributed by atoms with E-state index in [0.29, 0.717) is 5.92 Å². The first-order valence-corrected chi connectivity index (χ1v) is 9.16. The minimum atomic E-state index is -0.596. The smallest absolute Gasteiger partial charge is 0.310 e. The number of aliphatic carboxylic acids is 1. The van der Waals surface area contributed by atoms with E-state index in [2.05, 4.69) is 0 Å². The molecule has 4 heteroatoms. The van der Waals surface area contributed by atoms with Gasteiger partial charge in [0.25, 0.3) is 0 Å². The third-order valence-electron chi connectivity index (χ3n) is 7.05. The van der Waals surface area contributed by atoms with Crippen LogP contribution in [-0.2, 0) is 14.3 Å². The van der Waals surface area contributed by atoms with Gasteiger partial charge in [0.15, 0.2) is 0 Å². The van der Waals surface area contributed by atoms with Crippen molar-refractivity contribution in [1.82, 2.24) is 0 Å². The van der Waals surface area contributed by atoms with E-state index < -0.39 is 11.4 Å². The van der Waals surface area contributed by atoms with E-state index in [9.17, 15) is 9.90 Å². The Kier molecular flexibility index (Phi) is 3.73. The van der Waals surface area contributed by atoms with Gasteiger partial charge in [0.05, 0.1) is 17.6 Å². The minimum Gasteiger partial charge on any atom is -0.481 e. The Labute approximate surface area is 132 Å². The average molecular weight is 308 g/mol. The van der Waals surface area contributed by atoms with Crippen LogP contribution in [0.25, 0.3) is 0 Å². The molecular formula is C18H28O4. The lowest BCUT2D eigenvalue weighted by atomic mass is 9.55. The van der Waals surface area contributed by atoms with E-state index in [-0.39, 0.29) is 17.6 Å². The minimum absolute atomic E-state index is 0.0887. The molecule has 0 amide bonds. The molecular weight excluding hydrogens is 280 g/mol. The summed E-state index contributed by atoms with van der Waals surface area (Å²) in [5, 5.41) is 10.2. The Morgan fingerprint density at radius 1 is 0.909 bits per heavy atom. The molecule has 4 rings (SSSR count). The van der Waals surface area contributed by atoms with Crippen LogP contribution in [0.3, 0.4) is 0 Å². The molecule has 1 N–H and O–H groups in total. The fourth-order valence-electron chi connectivity index (χ4n) is 6.19. The second-order valence-corrected chi connectivity index (χ2v) is 7.95. The fourth-order valence-corrected chi connectivity index (χ4v) is 6.19. The summed E-state index contributed by atoms with van der Waals surface area (Å²) in [7, 11) is 0. The summed E-state index contributed by atoms with van der Waals surface area (Å²) >= 11 is 0. The molecule has 2 saturated carbocycles. The molecule has 0 radical (unpaired) electrons. The summed E-state index contributed by atoms with van der Waals surface area (Å²) in [5.74, 6) is -0.0250. The van der Waals surface area contributed by atoms with Crippen molar-refractivity contribution in [1.29, 1.82) is 0 Å². The molecule has 22 heavy (non-hydrogen) atoms. The van der Waals surface area contributed by atoms with Crippen molar-refractivity contribution in [3.8, 4) is 0 Å². The quantitative estimate of drug-likeness (QED) is 0.868. The van der Waals surface area contributed by atoms with Crippen molar-refractivity contribution >= 4 is 5.97 Å². The van der Waals surface area contributed by atoms with Crippen molar-refractivity contribution in [2.75, 3.05) is 13.2 Å². The first-order valence-electron chi connectivity index (χ1n) is 9.16. The highest BCUT2D eigenvalue weighted by atomic mass is 16.5. The molecule has 0 aromatic carbocycles. The molecule has 124 valence electrons. The van der Waals surface area contributed by atoms with Crippen molar-refractivity contribution < 1.29 is 19.4 Å². The molecule has 2 saturated heterocycles. The number of ether oxygens (including phenoxy) is 2. The predicted octanol–water partition coefficient (Wildman–Crippen LogP) is 3.39. The monoisotopic (exact) mass is 308 g/mol. The topological polar surface area (TPSA) is 55.8 Å². The van der Waals surface area contributed by atoms with Gasteiger partial charge in [0, 0.05) is 18.6 Å². The van der Waals surface area contributed by atoms with Gasteiger partial charge < -0.3 is 14.6 Å². The summed E-state index contributed by atoms with van der Waals surface area (Å²) in [6.07, 6.45) is 10.5. The van der Waals surface area contributed by atoms with E-state index in [1.165, 1.54) is 12.8 Å². The standard InChI is InChI=1S/C18H28O4/c19-16(20)17-8-7-13(11-17)12-18(17,14-5-1-3-9-21-14)15-6-2-4-10-22-15/h13-15H,1-12H2,(H,19,20). The van der Waals surface area contributed by atoms with Crippen LogP contribution in [0.4, 0.5) is 0 Å². The number of rotatable bonds is 3. The third kappa shape index (κ3) is 1.92. The van der Waals surface area contributed by atoms with Crippen molar-refractivity contribution in [3.05, 3.63) is 0 Å². The SMILES string of the molecule is O=C(O)C12CCC(C1)CC2(C1CCCCO1)C1CCCCO1. The molecule has 2 aliphatic heterocycles. The van der Waals surface area contributed by atoms with Crippen molar-refractivity contribution in [2.24, 2.45) is 16.7 Å². The van der Waals surface area contributed by atoms with Crippen molar-refractivity contribution in [2.45, 2.75) is 76.4 Å². The number of carbonyl (C=O) groups is 1. The Hall–Kier alpha value is -0.610. The molecule has 4 atom stereocenters. The maximum Gasteiger partial charge on any atom is 0.310 e. The lowest BCUT2D eigenvalue weighted by Crippen LogP contribution is -2.60. The number of hydrogen-bond acceptors (Lipinski definition) is 3. The van der Waals surface area contributed by atoms with Gasteiger partial charge in [-0.25, -0.2) is 0 Å². The van der Waals surface area contributed by atoms with Crippen molar-refractivity contribution in [3.63, 3.8) is 0 Å². The number of hydrogen-bond donors (Lipinski definition) is 1. The summed E-state index contributed by atoms with van der Waals surface area (Å²) in [6, 6.07) is 0. The highest BCUT2D eigenvalue weighted by Crippen LogP contribution is 2.69. The summed E-state index contributed by atoms with van der Waals surface area (Å²) in [4.78, 5) is 12.4. The van der Waals surface area contributed by atoms with Crippen LogP contribution in [0, 0.1) is 16.7 Å². The van der Waals surface area contributed by atoms with E-state index in [4.69, 9.17) is 9.47 Å². The van der Waals surface area contributed by atoms with E-state index in [1.54, 1.807) is 0 Å². The number of carboxylic acids is 1. The molecule has 4 fully saturated rings. The van der Waals surface area contributed by atoms with Gasteiger partial charge in [-0.1, -0.05) is 0 Å². The second kappa shape index (κ2) is 5.48. The van der Waals surface area contributed by atoms with Gasteiger partial charge >= 0.3 is 5.97 Å². The average Bonchev–Trinajstić information content (AvgIpc) is 3.15. The Morgan fingerprint density at radius 3 is 2.00 bits per heavy atom. The predicted molar refractivity (Wildman–Crippen MR) is 81.6 cm³/mol. The van der Waals surface area contributed by atoms with Gasteiger partial charge in [-0.15, -0.1) is 0 Å². The molecule has 0 spiro atoms. The molecule has 2 aliphatic carbocycles. The van der Waals surface area contributed by atoms with Crippen LogP contribution in [0.15, 0.2) is 0 Å². The first kappa shape index (κ1) is 14.9. The Balaban J connectivity index is 1.76. The van der Waals surface area contributed by atoms with Crippen LogP contribution in [0.1, 0.15) is 64.2 Å². The Bertz CT molecular complexity index is 418. The largest absolute Gasteiger partial charge is 0.481 e. The highest BCUT2D eigenvalue weighted by molar-refractivity contribution is 5.77. The maximum absolute atomic E-state index is 12.4. The number of fused-ring (bicyclic) bond motifs is 2. The van der Waals surface area contributed by atoms with E-state index in [0.717, 1.165) is 64.6 Å². The van der Waals surface area contributed by atoms with Crippen LogP contribution in [-0.4, -0.2) is 36.5 Å². The van der Waals surface area contributed by atoms with Gasteiger partial charge in [-0.2, -0.15) is 0 Å². The normalized spacial score (nSPS) is 48.5. The first-order chi connectivity index (χ1) is 10.7. The molecule has 4 unspecified atom stereocenters. The van der Waals surface area contributed by atoms with Crippen LogP contribution in [0.2, 0.25) is 0 Å². The van der Waals surface area contributed by atoms with Gasteiger partial charge in [-0.3, -0.25) is 4.79 Å². The molecule has 0 aromatic heterocycles. The summed E-state index contributed by atoms with van der Waals surface area (Å²) in [5.41, 5.74) is -0.871. The molecule has 4 aliphatic rings. The fraction of sp³-hybridized carbons (Fsp3) is 0.944. The van der Waals surface area contributed by atoms with E-state index >= 15 is 0 Å². The molecule has 2 heterocycles. The third-order valence-corrected chi connectivity index (χ3v) is 7.05. The lowest BCUT2D eigenvalue weighted by molar-refractivity contribution is -0.212. The molecule has 2 bridgehead atoms. The summed E-state index contributed by atoms with van der Waals surface area (Å²) in [6.45, 7) is 1.58. The molecule has 4 nitrogen and oxygen atoms in total. The van der Waals surface area contributed by atoms with E-state index in [1.807, 2.05) is 0 Å². The van der Waals surface area contributed by atoms with Crippen LogP contribution >= 0.6 is 0 Å². The van der Waals surface area contributed by atoms with Crippen LogP contribution in [0.5, 0.6) is 0 Å². The zero-order chi connectivity index (χ0) is 15.2. The van der Waals surface area contributed by atoms with Gasteiger partial charge in [-0.05, 0) is 70.1 Å². The second-order valence-electron chi connectivity index (χ2n) is 7.95. The van der Waals surface area contributed by atoms with Gasteiger partial charge in [0.1, 0.15) is 0 Å².